The van der Waals surface area contributed by atoms with Gasteiger partial charge in [0, 0.05) is 13.5 Å². The minimum atomic E-state index is 0.0678. The normalized spacial score (nSPS) is 11.6. The fourth-order valence-electron chi connectivity index (χ4n) is 2.35. The maximum absolute atomic E-state index is 11.5. The number of rotatable bonds is 15. The summed E-state index contributed by atoms with van der Waals surface area (Å²) in [6.07, 6.45) is 23.0. The lowest BCUT2D eigenvalue weighted by Crippen LogP contribution is -2.24. The van der Waals surface area contributed by atoms with Gasteiger partial charge in [0.15, 0.2) is 0 Å². The topological polar surface area (TPSA) is 29.5 Å². The highest BCUT2D eigenvalue weighted by molar-refractivity contribution is 5.74. The van der Waals surface area contributed by atoms with E-state index in [1.54, 1.807) is 7.05 Å². The van der Waals surface area contributed by atoms with E-state index < -0.39 is 0 Å². The summed E-state index contributed by atoms with van der Waals surface area (Å²) in [5.74, 6) is 0.0678. The minimum Gasteiger partial charge on any atom is -0.275 e. The van der Waals surface area contributed by atoms with Crippen molar-refractivity contribution in [2.45, 2.75) is 84.0 Å². The molecule has 0 bridgehead atoms. The van der Waals surface area contributed by atoms with E-state index in [1.165, 1.54) is 63.5 Å². The summed E-state index contributed by atoms with van der Waals surface area (Å²) >= 11 is 0. The van der Waals surface area contributed by atoms with Gasteiger partial charge in [-0.15, -0.1) is 0 Å². The number of carbonyl (C=O) groups excluding carboxylic acids is 1. The SMILES string of the molecule is CCCCC/C=C/C/C=C/CCCCCCCC(=O)N(C)OC. The molecule has 0 saturated carbocycles. The van der Waals surface area contributed by atoms with Gasteiger partial charge in [0.05, 0.1) is 7.11 Å². The predicted molar refractivity (Wildman–Crippen MR) is 99.1 cm³/mol. The Hall–Kier alpha value is -1.09. The highest BCUT2D eigenvalue weighted by Crippen LogP contribution is 2.09. The van der Waals surface area contributed by atoms with Crippen molar-refractivity contribution in [1.82, 2.24) is 5.06 Å². The zero-order valence-corrected chi connectivity index (χ0v) is 15.6. The molecule has 0 aromatic heterocycles. The van der Waals surface area contributed by atoms with Crippen LogP contribution >= 0.6 is 0 Å². The Morgan fingerprint density at radius 3 is 2.04 bits per heavy atom. The van der Waals surface area contributed by atoms with Crippen LogP contribution in [0.3, 0.4) is 0 Å². The van der Waals surface area contributed by atoms with Crippen LogP contribution in [0.4, 0.5) is 0 Å². The molecule has 0 heterocycles. The molecule has 0 aliphatic rings. The number of hydrogen-bond donors (Lipinski definition) is 0. The van der Waals surface area contributed by atoms with Crippen molar-refractivity contribution >= 4 is 5.91 Å². The molecule has 0 saturated heterocycles. The van der Waals surface area contributed by atoms with Crippen molar-refractivity contribution in [1.29, 1.82) is 0 Å². The van der Waals surface area contributed by atoms with Crippen molar-refractivity contribution in [3.63, 3.8) is 0 Å². The Labute approximate surface area is 143 Å². The third-order valence-electron chi connectivity index (χ3n) is 3.97. The van der Waals surface area contributed by atoms with E-state index in [-0.39, 0.29) is 5.91 Å². The van der Waals surface area contributed by atoms with Crippen molar-refractivity contribution < 1.29 is 9.63 Å². The first-order valence-electron chi connectivity index (χ1n) is 9.33. The van der Waals surface area contributed by atoms with Crippen LogP contribution < -0.4 is 0 Å². The summed E-state index contributed by atoms with van der Waals surface area (Å²) < 4.78 is 0. The molecule has 0 N–H and O–H groups in total. The molecule has 0 aliphatic carbocycles. The molecule has 0 aromatic carbocycles. The Kier molecular flexibility index (Phi) is 16.4. The van der Waals surface area contributed by atoms with E-state index in [1.807, 2.05) is 0 Å². The number of hydrogen-bond acceptors (Lipinski definition) is 2. The molecule has 3 heteroatoms. The molecule has 0 rings (SSSR count). The largest absolute Gasteiger partial charge is 0.275 e. The Morgan fingerprint density at radius 2 is 1.43 bits per heavy atom. The lowest BCUT2D eigenvalue weighted by atomic mass is 10.1. The van der Waals surface area contributed by atoms with E-state index >= 15 is 0 Å². The number of allylic oxidation sites excluding steroid dienone is 4. The average Bonchev–Trinajstić information content (AvgIpc) is 2.57. The van der Waals surface area contributed by atoms with Gasteiger partial charge in [-0.25, -0.2) is 5.06 Å². The highest BCUT2D eigenvalue weighted by Gasteiger charge is 2.06. The second kappa shape index (κ2) is 17.3. The van der Waals surface area contributed by atoms with Gasteiger partial charge < -0.3 is 0 Å². The van der Waals surface area contributed by atoms with Gasteiger partial charge in [-0.1, -0.05) is 63.3 Å². The van der Waals surface area contributed by atoms with Crippen LogP contribution in [0.25, 0.3) is 0 Å². The molecule has 3 nitrogen and oxygen atoms in total. The second-order valence-corrected chi connectivity index (χ2v) is 6.05. The molecule has 23 heavy (non-hydrogen) atoms. The highest BCUT2D eigenvalue weighted by atomic mass is 16.7. The standard InChI is InChI=1S/C20H37NO2/c1-4-5-6-7-8-9-10-11-12-13-14-15-16-17-18-19-20(22)21(2)23-3/h8-9,11-12H,4-7,10,13-19H2,1-3H3/b9-8+,12-11+. The monoisotopic (exact) mass is 323 g/mol. The van der Waals surface area contributed by atoms with Gasteiger partial charge in [0.1, 0.15) is 0 Å². The van der Waals surface area contributed by atoms with Gasteiger partial charge in [-0.3, -0.25) is 9.63 Å². The quantitative estimate of drug-likeness (QED) is 0.216. The van der Waals surface area contributed by atoms with Crippen LogP contribution in [0.15, 0.2) is 24.3 Å². The van der Waals surface area contributed by atoms with Crippen LogP contribution in [0.2, 0.25) is 0 Å². The van der Waals surface area contributed by atoms with Gasteiger partial charge in [0.2, 0.25) is 5.91 Å². The zero-order chi connectivity index (χ0) is 17.2. The smallest absolute Gasteiger partial charge is 0.245 e. The number of hydroxylamine groups is 2. The molecule has 0 radical (unpaired) electrons. The van der Waals surface area contributed by atoms with Crippen LogP contribution in [-0.4, -0.2) is 25.1 Å². The van der Waals surface area contributed by atoms with E-state index in [2.05, 4.69) is 31.2 Å². The molecular formula is C20H37NO2. The maximum atomic E-state index is 11.5. The summed E-state index contributed by atoms with van der Waals surface area (Å²) in [5.41, 5.74) is 0. The minimum absolute atomic E-state index is 0.0678. The van der Waals surface area contributed by atoms with Crippen LogP contribution in [0, 0.1) is 0 Å². The molecule has 0 unspecified atom stereocenters. The first-order valence-corrected chi connectivity index (χ1v) is 9.33. The van der Waals surface area contributed by atoms with Gasteiger partial charge in [-0.2, -0.15) is 0 Å². The van der Waals surface area contributed by atoms with Crippen LogP contribution in [0.5, 0.6) is 0 Å². The molecule has 0 fully saturated rings. The molecule has 1 amide bonds. The predicted octanol–water partition coefficient (Wildman–Crippen LogP) is 5.82. The Morgan fingerprint density at radius 1 is 0.870 bits per heavy atom. The molecular weight excluding hydrogens is 286 g/mol. The van der Waals surface area contributed by atoms with Gasteiger partial charge >= 0.3 is 0 Å². The molecule has 0 aliphatic heterocycles. The Bertz CT molecular complexity index is 324. The van der Waals surface area contributed by atoms with E-state index in [0.29, 0.717) is 6.42 Å². The van der Waals surface area contributed by atoms with E-state index in [4.69, 9.17) is 4.84 Å². The number of amides is 1. The lowest BCUT2D eigenvalue weighted by molar-refractivity contribution is -0.168. The lowest BCUT2D eigenvalue weighted by Gasteiger charge is -2.12. The van der Waals surface area contributed by atoms with Crippen molar-refractivity contribution in [2.75, 3.05) is 14.2 Å². The third kappa shape index (κ3) is 15.6. The first-order chi connectivity index (χ1) is 11.2. The summed E-state index contributed by atoms with van der Waals surface area (Å²) in [7, 11) is 3.18. The summed E-state index contributed by atoms with van der Waals surface area (Å²) in [6, 6.07) is 0. The van der Waals surface area contributed by atoms with E-state index in [9.17, 15) is 4.79 Å². The zero-order valence-electron chi connectivity index (χ0n) is 15.6. The van der Waals surface area contributed by atoms with Crippen LogP contribution in [0.1, 0.15) is 84.0 Å². The number of nitrogens with zero attached hydrogens (tertiary/aromatic N) is 1. The summed E-state index contributed by atoms with van der Waals surface area (Å²) in [6.45, 7) is 2.24. The maximum Gasteiger partial charge on any atom is 0.245 e. The Balaban J connectivity index is 3.29. The van der Waals surface area contributed by atoms with Crippen molar-refractivity contribution in [2.24, 2.45) is 0 Å². The molecule has 0 spiro atoms. The fourth-order valence-corrected chi connectivity index (χ4v) is 2.35. The summed E-state index contributed by atoms with van der Waals surface area (Å²) in [4.78, 5) is 16.4. The van der Waals surface area contributed by atoms with Gasteiger partial charge in [0.25, 0.3) is 0 Å². The van der Waals surface area contributed by atoms with E-state index in [0.717, 1.165) is 19.3 Å². The van der Waals surface area contributed by atoms with Crippen LogP contribution in [-0.2, 0) is 9.63 Å². The second-order valence-electron chi connectivity index (χ2n) is 6.05. The molecule has 0 atom stereocenters. The van der Waals surface area contributed by atoms with Gasteiger partial charge in [-0.05, 0) is 38.5 Å². The average molecular weight is 324 g/mol. The number of unbranched alkanes of at least 4 members (excludes halogenated alkanes) is 8. The molecule has 0 aromatic rings. The third-order valence-corrected chi connectivity index (χ3v) is 3.97. The van der Waals surface area contributed by atoms with Crippen molar-refractivity contribution in [3.05, 3.63) is 24.3 Å². The fraction of sp³-hybridized carbons (Fsp3) is 0.750. The number of carbonyl (C=O) groups is 1. The van der Waals surface area contributed by atoms with Crippen molar-refractivity contribution in [3.8, 4) is 0 Å². The summed E-state index contributed by atoms with van der Waals surface area (Å²) in [5, 5.41) is 1.31. The molecule has 134 valence electrons. The first kappa shape index (κ1) is 21.9.